The molecule has 0 aliphatic carbocycles. The number of aryl methyl sites for hydroxylation is 3. The normalized spacial score (nSPS) is 20.5. The second-order valence-electron chi connectivity index (χ2n) is 9.97. The highest BCUT2D eigenvalue weighted by molar-refractivity contribution is 7.91. The molecule has 0 amide bonds. The van der Waals surface area contributed by atoms with E-state index in [-0.39, 0.29) is 23.5 Å². The van der Waals surface area contributed by atoms with E-state index in [9.17, 15) is 8.42 Å². The number of halogens is 1. The number of rotatable bonds is 6. The molecule has 2 aliphatic rings. The number of aromatic amines is 1. The van der Waals surface area contributed by atoms with Crippen molar-refractivity contribution >= 4 is 33.1 Å². The van der Waals surface area contributed by atoms with E-state index in [1.54, 1.807) is 12.3 Å². The largest absolute Gasteiger partial charge is 0.323 e. The average molecular weight is 514 g/mol. The molecule has 5 rings (SSSR count). The molecule has 2 aromatic heterocycles. The molecule has 2 fully saturated rings. The van der Waals surface area contributed by atoms with Gasteiger partial charge in [-0.25, -0.2) is 17.8 Å². The molecule has 192 valence electrons. The molecule has 1 unspecified atom stereocenters. The van der Waals surface area contributed by atoms with Crippen LogP contribution >= 0.6 is 0 Å². The van der Waals surface area contributed by atoms with Gasteiger partial charge in [0.25, 0.3) is 0 Å². The number of benzene rings is 1. The van der Waals surface area contributed by atoms with Crippen molar-refractivity contribution in [3.8, 4) is 0 Å². The van der Waals surface area contributed by atoms with Gasteiger partial charge in [0.05, 0.1) is 17.2 Å². The fourth-order valence-corrected chi connectivity index (χ4v) is 6.99. The number of nitrogens with zero attached hydrogens (tertiary/aromatic N) is 4. The number of piperidine rings is 1. The quantitative estimate of drug-likeness (QED) is 0.451. The number of likely N-dealkylation sites (tertiary alicyclic amines) is 1. The first-order valence-corrected chi connectivity index (χ1v) is 14.1. The average Bonchev–Trinajstić information content (AvgIpc) is 3.42. The lowest BCUT2D eigenvalue weighted by Gasteiger charge is -2.36. The van der Waals surface area contributed by atoms with Gasteiger partial charge in [0.1, 0.15) is 11.6 Å². The lowest BCUT2D eigenvalue weighted by atomic mass is 9.86. The van der Waals surface area contributed by atoms with E-state index < -0.39 is 9.84 Å². The number of hydrogen-bond acceptors (Lipinski definition) is 8. The zero-order valence-corrected chi connectivity index (χ0v) is 21.6. The molecule has 4 heterocycles. The lowest BCUT2D eigenvalue weighted by molar-refractivity contribution is 0.164. The van der Waals surface area contributed by atoms with E-state index in [0.29, 0.717) is 29.0 Å². The Morgan fingerprint density at radius 3 is 2.50 bits per heavy atom. The van der Waals surface area contributed by atoms with Crippen molar-refractivity contribution in [1.82, 2.24) is 25.1 Å². The zero-order valence-electron chi connectivity index (χ0n) is 20.8. The fourth-order valence-electron chi connectivity index (χ4n) is 5.22. The molecule has 0 bridgehead atoms. The van der Waals surface area contributed by atoms with Gasteiger partial charge in [-0.3, -0.25) is 10.00 Å². The third-order valence-corrected chi connectivity index (χ3v) is 8.97. The Balaban J connectivity index is 1.26. The second kappa shape index (κ2) is 9.78. The summed E-state index contributed by atoms with van der Waals surface area (Å²) < 4.78 is 38.9. The SMILES string of the molecule is Cc1cc(Nc2nc(Nc3cc(C)c(C4CCN(C5CCS(=O)(=O)C5)CC4)cc3F)ncc2C)n[nH]1. The molecule has 2 aliphatic heterocycles. The molecule has 0 radical (unpaired) electrons. The van der Waals surface area contributed by atoms with E-state index in [0.717, 1.165) is 54.7 Å². The Hall–Kier alpha value is -3.05. The molecule has 0 saturated carbocycles. The van der Waals surface area contributed by atoms with Crippen LogP contribution in [0.15, 0.2) is 24.4 Å². The van der Waals surface area contributed by atoms with Crippen molar-refractivity contribution in [3.05, 3.63) is 52.6 Å². The van der Waals surface area contributed by atoms with Crippen LogP contribution in [0.1, 0.15) is 47.6 Å². The van der Waals surface area contributed by atoms with Crippen molar-refractivity contribution in [2.24, 2.45) is 0 Å². The molecular formula is C25H32FN7O2S. The number of H-pyrrole nitrogens is 1. The number of sulfone groups is 1. The lowest BCUT2D eigenvalue weighted by Crippen LogP contribution is -2.41. The van der Waals surface area contributed by atoms with Gasteiger partial charge in [-0.15, -0.1) is 0 Å². The van der Waals surface area contributed by atoms with Crippen molar-refractivity contribution in [2.45, 2.75) is 52.0 Å². The molecule has 3 aromatic rings. The van der Waals surface area contributed by atoms with Crippen LogP contribution in [0.2, 0.25) is 0 Å². The predicted octanol–water partition coefficient (Wildman–Crippen LogP) is 4.12. The molecule has 3 N–H and O–H groups in total. The number of aromatic nitrogens is 4. The van der Waals surface area contributed by atoms with E-state index in [4.69, 9.17) is 0 Å². The van der Waals surface area contributed by atoms with Crippen LogP contribution in [-0.2, 0) is 9.84 Å². The van der Waals surface area contributed by atoms with Gasteiger partial charge < -0.3 is 10.6 Å². The van der Waals surface area contributed by atoms with Gasteiger partial charge in [-0.1, -0.05) is 0 Å². The van der Waals surface area contributed by atoms with Gasteiger partial charge >= 0.3 is 0 Å². The van der Waals surface area contributed by atoms with Crippen LogP contribution < -0.4 is 10.6 Å². The van der Waals surface area contributed by atoms with Crippen LogP contribution in [0.3, 0.4) is 0 Å². The van der Waals surface area contributed by atoms with Gasteiger partial charge in [-0.05, 0) is 82.3 Å². The van der Waals surface area contributed by atoms with Gasteiger partial charge in [-0.2, -0.15) is 10.1 Å². The molecule has 1 aromatic carbocycles. The maximum absolute atomic E-state index is 15.2. The van der Waals surface area contributed by atoms with E-state index in [1.807, 2.05) is 32.9 Å². The summed E-state index contributed by atoms with van der Waals surface area (Å²) in [7, 11) is -2.89. The molecular weight excluding hydrogens is 481 g/mol. The summed E-state index contributed by atoms with van der Waals surface area (Å²) in [6, 6.07) is 5.44. The minimum Gasteiger partial charge on any atom is -0.323 e. The van der Waals surface area contributed by atoms with Gasteiger partial charge in [0.2, 0.25) is 5.95 Å². The second-order valence-corrected chi connectivity index (χ2v) is 12.2. The first-order chi connectivity index (χ1) is 17.2. The van der Waals surface area contributed by atoms with Crippen molar-refractivity contribution in [3.63, 3.8) is 0 Å². The maximum atomic E-state index is 15.2. The maximum Gasteiger partial charge on any atom is 0.229 e. The Labute approximate surface area is 210 Å². The van der Waals surface area contributed by atoms with E-state index >= 15 is 4.39 Å². The van der Waals surface area contributed by atoms with Crippen LogP contribution in [-0.4, -0.2) is 64.1 Å². The third kappa shape index (κ3) is 5.36. The minimum absolute atomic E-state index is 0.131. The van der Waals surface area contributed by atoms with Crippen LogP contribution in [0.4, 0.5) is 27.7 Å². The van der Waals surface area contributed by atoms with Crippen molar-refractivity contribution in [1.29, 1.82) is 0 Å². The van der Waals surface area contributed by atoms with Crippen molar-refractivity contribution in [2.75, 3.05) is 35.2 Å². The number of hydrogen-bond donors (Lipinski definition) is 3. The molecule has 1 atom stereocenters. The minimum atomic E-state index is -2.89. The number of anilines is 4. The Morgan fingerprint density at radius 2 is 1.83 bits per heavy atom. The molecule has 36 heavy (non-hydrogen) atoms. The highest BCUT2D eigenvalue weighted by atomic mass is 32.2. The van der Waals surface area contributed by atoms with Crippen molar-refractivity contribution < 1.29 is 12.8 Å². The van der Waals surface area contributed by atoms with Crippen LogP contribution in [0, 0.1) is 26.6 Å². The summed E-state index contributed by atoms with van der Waals surface area (Å²) in [5.74, 6) is 2.00. The highest BCUT2D eigenvalue weighted by Crippen LogP contribution is 2.35. The van der Waals surface area contributed by atoms with Gasteiger partial charge in [0.15, 0.2) is 15.7 Å². The summed E-state index contributed by atoms with van der Waals surface area (Å²) in [6.07, 6.45) is 4.19. The molecule has 2 saturated heterocycles. The van der Waals surface area contributed by atoms with Crippen LogP contribution in [0.5, 0.6) is 0 Å². The molecule has 0 spiro atoms. The highest BCUT2D eigenvalue weighted by Gasteiger charge is 2.34. The first kappa shape index (κ1) is 24.6. The van der Waals surface area contributed by atoms with E-state index in [2.05, 4.69) is 35.7 Å². The van der Waals surface area contributed by atoms with E-state index in [1.165, 1.54) is 0 Å². The monoisotopic (exact) mass is 513 g/mol. The Morgan fingerprint density at radius 1 is 1.06 bits per heavy atom. The number of nitrogens with one attached hydrogen (secondary N) is 3. The van der Waals surface area contributed by atoms with Gasteiger partial charge in [0, 0.05) is 29.6 Å². The molecule has 11 heteroatoms. The summed E-state index contributed by atoms with van der Waals surface area (Å²) in [5, 5.41) is 13.2. The summed E-state index contributed by atoms with van der Waals surface area (Å²) >= 11 is 0. The fraction of sp³-hybridized carbons (Fsp3) is 0.480. The van der Waals surface area contributed by atoms with Crippen LogP contribution in [0.25, 0.3) is 0 Å². The first-order valence-electron chi connectivity index (χ1n) is 12.3. The third-order valence-electron chi connectivity index (χ3n) is 7.22. The summed E-state index contributed by atoms with van der Waals surface area (Å²) in [4.78, 5) is 11.1. The zero-order chi connectivity index (χ0) is 25.4. The summed E-state index contributed by atoms with van der Waals surface area (Å²) in [5.41, 5.74) is 4.12. The summed E-state index contributed by atoms with van der Waals surface area (Å²) in [6.45, 7) is 7.49. The Bertz CT molecular complexity index is 1370. The predicted molar refractivity (Wildman–Crippen MR) is 138 cm³/mol. The topological polar surface area (TPSA) is 116 Å². The smallest absolute Gasteiger partial charge is 0.229 e. The standard InChI is InChI=1S/C25H32FN7O2S/c1-15-10-22(28-25-27-13-16(2)24(30-25)29-23-11-17(3)31-32-23)21(26)12-20(15)18-4-7-33(8-5-18)19-6-9-36(34,35)14-19/h10-13,18-19H,4-9,14H2,1-3H3,(H3,27,28,29,30,31,32). The Kier molecular flexibility index (Phi) is 6.69. The molecule has 9 nitrogen and oxygen atoms in total.